The number of para-hydroxylation sites is 1. The molecule has 0 N–H and O–H groups in total. The minimum atomic E-state index is 0.0989. The monoisotopic (exact) mass is 403 g/mol. The van der Waals surface area contributed by atoms with Crippen LogP contribution in [0.5, 0.6) is 0 Å². The summed E-state index contributed by atoms with van der Waals surface area (Å²) in [6.45, 7) is 1.56. The molecular weight excluding hydrogens is 386 g/mol. The van der Waals surface area contributed by atoms with Crippen molar-refractivity contribution >= 4 is 44.1 Å². The number of carbonyl (C=O) groups excluding carboxylic acids is 1. The van der Waals surface area contributed by atoms with Crippen molar-refractivity contribution in [2.75, 3.05) is 13.1 Å². The number of rotatable bonds is 2. The second-order valence-corrected chi connectivity index (χ2v) is 7.92. The fourth-order valence-electron chi connectivity index (χ4n) is 3.53. The summed E-state index contributed by atoms with van der Waals surface area (Å²) < 4.78 is 2.89. The fraction of sp³-hybridized carbons (Fsp3) is 0.333. The molecule has 3 aromatic rings. The van der Waals surface area contributed by atoms with Crippen molar-refractivity contribution in [1.82, 2.24) is 14.5 Å². The molecule has 3 heterocycles. The molecule has 1 saturated heterocycles. The third kappa shape index (κ3) is 2.58. The molecule has 0 saturated carbocycles. The van der Waals surface area contributed by atoms with E-state index in [4.69, 9.17) is 0 Å². The normalized spacial score (nSPS) is 18.2. The average molecular weight is 404 g/mol. The molecule has 0 spiro atoms. The fourth-order valence-corrected chi connectivity index (χ4v) is 5.07. The van der Waals surface area contributed by atoms with Gasteiger partial charge < -0.3 is 9.47 Å². The van der Waals surface area contributed by atoms with Gasteiger partial charge in [0.1, 0.15) is 5.69 Å². The molecule has 0 bridgehead atoms. The van der Waals surface area contributed by atoms with Crippen LogP contribution in [-0.4, -0.2) is 33.4 Å². The summed E-state index contributed by atoms with van der Waals surface area (Å²) >= 11 is 5.33. The van der Waals surface area contributed by atoms with Gasteiger partial charge in [0.25, 0.3) is 5.91 Å². The number of hydrogen-bond acceptors (Lipinski definition) is 3. The molecule has 1 aliphatic rings. The van der Waals surface area contributed by atoms with Crippen molar-refractivity contribution in [2.24, 2.45) is 7.05 Å². The Morgan fingerprint density at radius 2 is 2.21 bits per heavy atom. The molecule has 1 fully saturated rings. The highest BCUT2D eigenvalue weighted by Gasteiger charge is 2.30. The molecule has 124 valence electrons. The average Bonchev–Trinajstić information content (AvgIpc) is 3.23. The van der Waals surface area contributed by atoms with E-state index in [2.05, 4.69) is 20.9 Å². The molecule has 1 aliphatic heterocycles. The molecular formula is C18H18BrN3OS. The zero-order valence-corrected chi connectivity index (χ0v) is 15.8. The Kier molecular flexibility index (Phi) is 4.18. The van der Waals surface area contributed by atoms with Crippen LogP contribution in [0, 0.1) is 0 Å². The molecule has 4 nitrogen and oxygen atoms in total. The van der Waals surface area contributed by atoms with E-state index in [1.807, 2.05) is 52.4 Å². The Hall–Kier alpha value is -1.66. The van der Waals surface area contributed by atoms with Crippen molar-refractivity contribution in [3.63, 3.8) is 0 Å². The molecule has 1 aromatic carbocycles. The SMILES string of the molecule is Cn1c(C(=O)N2CCCC(c3nccs3)C2)c(Br)c2ccccc21. The highest BCUT2D eigenvalue weighted by Crippen LogP contribution is 2.33. The lowest BCUT2D eigenvalue weighted by Gasteiger charge is -2.32. The van der Waals surface area contributed by atoms with E-state index >= 15 is 0 Å². The quantitative estimate of drug-likeness (QED) is 0.634. The summed E-state index contributed by atoms with van der Waals surface area (Å²) in [5, 5.41) is 4.23. The molecule has 2 aromatic heterocycles. The van der Waals surface area contributed by atoms with E-state index < -0.39 is 0 Å². The smallest absolute Gasteiger partial charge is 0.271 e. The Morgan fingerprint density at radius 1 is 1.38 bits per heavy atom. The van der Waals surface area contributed by atoms with Gasteiger partial charge in [0.05, 0.1) is 9.48 Å². The first-order chi connectivity index (χ1) is 11.7. The number of likely N-dealkylation sites (tertiary alicyclic amines) is 1. The van der Waals surface area contributed by atoms with E-state index in [0.29, 0.717) is 5.92 Å². The summed E-state index contributed by atoms with van der Waals surface area (Å²) in [6, 6.07) is 8.10. The van der Waals surface area contributed by atoms with E-state index in [0.717, 1.165) is 52.0 Å². The molecule has 4 rings (SSSR count). The van der Waals surface area contributed by atoms with Gasteiger partial charge in [0.15, 0.2) is 0 Å². The minimum Gasteiger partial charge on any atom is -0.339 e. The summed E-state index contributed by atoms with van der Waals surface area (Å²) in [7, 11) is 1.96. The second kappa shape index (κ2) is 6.33. The number of fused-ring (bicyclic) bond motifs is 1. The third-order valence-electron chi connectivity index (χ3n) is 4.76. The Morgan fingerprint density at radius 3 is 2.96 bits per heavy atom. The van der Waals surface area contributed by atoms with Gasteiger partial charge in [0, 0.05) is 48.5 Å². The number of amides is 1. The number of thiazole rings is 1. The van der Waals surface area contributed by atoms with Crippen LogP contribution in [0.3, 0.4) is 0 Å². The van der Waals surface area contributed by atoms with Gasteiger partial charge in [-0.25, -0.2) is 4.98 Å². The number of nitrogens with zero attached hydrogens (tertiary/aromatic N) is 3. The zero-order chi connectivity index (χ0) is 16.7. The lowest BCUT2D eigenvalue weighted by Crippen LogP contribution is -2.40. The van der Waals surface area contributed by atoms with Crippen LogP contribution in [0.2, 0.25) is 0 Å². The van der Waals surface area contributed by atoms with Gasteiger partial charge in [-0.15, -0.1) is 11.3 Å². The number of benzene rings is 1. The van der Waals surface area contributed by atoms with E-state index in [9.17, 15) is 4.79 Å². The molecule has 1 unspecified atom stereocenters. The van der Waals surface area contributed by atoms with Gasteiger partial charge >= 0.3 is 0 Å². The van der Waals surface area contributed by atoms with Crippen LogP contribution in [0.1, 0.15) is 34.3 Å². The molecule has 0 radical (unpaired) electrons. The maximum atomic E-state index is 13.2. The van der Waals surface area contributed by atoms with E-state index in [-0.39, 0.29) is 5.91 Å². The summed E-state index contributed by atoms with van der Waals surface area (Å²) in [5.41, 5.74) is 1.80. The van der Waals surface area contributed by atoms with Gasteiger partial charge in [-0.2, -0.15) is 0 Å². The van der Waals surface area contributed by atoms with E-state index in [1.54, 1.807) is 11.3 Å². The maximum Gasteiger partial charge on any atom is 0.271 e. The van der Waals surface area contributed by atoms with Crippen molar-refractivity contribution in [2.45, 2.75) is 18.8 Å². The van der Waals surface area contributed by atoms with Crippen molar-refractivity contribution in [3.8, 4) is 0 Å². The topological polar surface area (TPSA) is 38.1 Å². The Labute approximate surface area is 153 Å². The minimum absolute atomic E-state index is 0.0989. The van der Waals surface area contributed by atoms with Crippen molar-refractivity contribution in [3.05, 3.63) is 51.0 Å². The first-order valence-corrected chi connectivity index (χ1v) is 9.75. The highest BCUT2D eigenvalue weighted by molar-refractivity contribution is 9.10. The first-order valence-electron chi connectivity index (χ1n) is 8.08. The molecule has 24 heavy (non-hydrogen) atoms. The lowest BCUT2D eigenvalue weighted by molar-refractivity contribution is 0.0697. The maximum absolute atomic E-state index is 13.2. The predicted molar refractivity (Wildman–Crippen MR) is 101 cm³/mol. The number of hydrogen-bond donors (Lipinski definition) is 0. The van der Waals surface area contributed by atoms with Crippen molar-refractivity contribution in [1.29, 1.82) is 0 Å². The van der Waals surface area contributed by atoms with Crippen molar-refractivity contribution < 1.29 is 4.79 Å². The van der Waals surface area contributed by atoms with Crippen LogP contribution >= 0.6 is 27.3 Å². The van der Waals surface area contributed by atoms with Crippen LogP contribution in [0.25, 0.3) is 10.9 Å². The number of carbonyl (C=O) groups is 1. The predicted octanol–water partition coefficient (Wildman–Crippen LogP) is 4.42. The van der Waals surface area contributed by atoms with Crippen LogP contribution in [0.15, 0.2) is 40.3 Å². The lowest BCUT2D eigenvalue weighted by atomic mass is 9.98. The van der Waals surface area contributed by atoms with E-state index in [1.165, 1.54) is 0 Å². The van der Waals surface area contributed by atoms with Gasteiger partial charge in [0.2, 0.25) is 0 Å². The summed E-state index contributed by atoms with van der Waals surface area (Å²) in [5.74, 6) is 0.456. The summed E-state index contributed by atoms with van der Waals surface area (Å²) in [6.07, 6.45) is 3.98. The second-order valence-electron chi connectivity index (χ2n) is 6.20. The van der Waals surface area contributed by atoms with Gasteiger partial charge in [-0.1, -0.05) is 18.2 Å². The van der Waals surface area contributed by atoms with Gasteiger partial charge in [-0.3, -0.25) is 4.79 Å². The number of halogens is 1. The Balaban J connectivity index is 1.66. The van der Waals surface area contributed by atoms with Gasteiger partial charge in [-0.05, 0) is 34.8 Å². The zero-order valence-electron chi connectivity index (χ0n) is 13.4. The molecule has 1 atom stereocenters. The Bertz CT molecular complexity index is 848. The van der Waals surface area contributed by atoms with Crippen LogP contribution in [-0.2, 0) is 7.05 Å². The third-order valence-corrected chi connectivity index (χ3v) is 6.50. The standard InChI is InChI=1S/C18H18BrN3OS/c1-21-14-7-3-2-6-13(14)15(19)16(21)18(23)22-9-4-5-12(11-22)17-20-8-10-24-17/h2-3,6-8,10,12H,4-5,9,11H2,1H3. The number of aryl methyl sites for hydroxylation is 1. The number of aromatic nitrogens is 2. The van der Waals surface area contributed by atoms with Crippen LogP contribution < -0.4 is 0 Å². The highest BCUT2D eigenvalue weighted by atomic mass is 79.9. The largest absolute Gasteiger partial charge is 0.339 e. The summed E-state index contributed by atoms with van der Waals surface area (Å²) in [4.78, 5) is 19.6. The first kappa shape index (κ1) is 15.8. The molecule has 0 aliphatic carbocycles. The van der Waals surface area contributed by atoms with Crippen LogP contribution in [0.4, 0.5) is 0 Å². The number of piperidine rings is 1. The molecule has 6 heteroatoms. The molecule has 1 amide bonds.